The van der Waals surface area contributed by atoms with E-state index in [1.807, 2.05) is 12.1 Å². The molecule has 2 saturated heterocycles. The normalized spacial score (nSPS) is 29.2. The van der Waals surface area contributed by atoms with E-state index in [1.165, 1.54) is 24.8 Å². The van der Waals surface area contributed by atoms with E-state index in [9.17, 15) is 0 Å². The maximum absolute atomic E-state index is 6.60. The number of hydrogen-bond acceptors (Lipinski definition) is 4. The Kier molecular flexibility index (Phi) is 3.63. The highest BCUT2D eigenvalue weighted by molar-refractivity contribution is 5.30. The molecule has 1 atom stereocenters. The van der Waals surface area contributed by atoms with Crippen LogP contribution in [0.2, 0.25) is 0 Å². The molecule has 1 aromatic rings. The summed E-state index contributed by atoms with van der Waals surface area (Å²) < 4.78 is 24.1. The highest BCUT2D eigenvalue weighted by Crippen LogP contribution is 2.56. The van der Waals surface area contributed by atoms with Crippen molar-refractivity contribution in [2.24, 2.45) is 0 Å². The van der Waals surface area contributed by atoms with Crippen molar-refractivity contribution in [3.8, 4) is 5.75 Å². The summed E-state index contributed by atoms with van der Waals surface area (Å²) >= 11 is 0. The van der Waals surface area contributed by atoms with E-state index in [2.05, 4.69) is 12.1 Å². The van der Waals surface area contributed by atoms with E-state index in [-0.39, 0.29) is 11.7 Å². The summed E-state index contributed by atoms with van der Waals surface area (Å²) in [6.45, 7) is 1.36. The van der Waals surface area contributed by atoms with E-state index in [1.54, 1.807) is 7.11 Å². The fourth-order valence-electron chi connectivity index (χ4n) is 4.30. The third-order valence-corrected chi connectivity index (χ3v) is 5.42. The van der Waals surface area contributed by atoms with E-state index in [0.29, 0.717) is 13.2 Å². The first-order valence-corrected chi connectivity index (χ1v) is 8.37. The lowest BCUT2D eigenvalue weighted by molar-refractivity contribution is -0.250. The van der Waals surface area contributed by atoms with Crippen molar-refractivity contribution in [3.05, 3.63) is 29.8 Å². The molecule has 1 aliphatic carbocycles. The maximum atomic E-state index is 6.60. The molecule has 0 bridgehead atoms. The average Bonchev–Trinajstić information content (AvgIpc) is 3.16. The Morgan fingerprint density at radius 3 is 2.32 bits per heavy atom. The Morgan fingerprint density at radius 1 is 1.00 bits per heavy atom. The van der Waals surface area contributed by atoms with Crippen molar-refractivity contribution in [1.29, 1.82) is 0 Å². The van der Waals surface area contributed by atoms with Gasteiger partial charge >= 0.3 is 0 Å². The van der Waals surface area contributed by atoms with Crippen LogP contribution in [0.25, 0.3) is 0 Å². The Morgan fingerprint density at radius 2 is 1.68 bits per heavy atom. The zero-order chi connectivity index (χ0) is 15.0. The number of ether oxygens (including phenoxy) is 4. The Hall–Kier alpha value is -1.10. The van der Waals surface area contributed by atoms with Gasteiger partial charge in [0.2, 0.25) is 5.79 Å². The predicted molar refractivity (Wildman–Crippen MR) is 81.9 cm³/mol. The van der Waals surface area contributed by atoms with Crippen molar-refractivity contribution in [2.75, 3.05) is 20.3 Å². The van der Waals surface area contributed by atoms with Crippen molar-refractivity contribution < 1.29 is 18.9 Å². The Labute approximate surface area is 131 Å². The molecule has 3 aliphatic rings. The Balaban J connectivity index is 1.63. The van der Waals surface area contributed by atoms with Gasteiger partial charge in [0.05, 0.1) is 26.4 Å². The third-order valence-electron chi connectivity index (χ3n) is 5.42. The van der Waals surface area contributed by atoms with Gasteiger partial charge in [0.15, 0.2) is 0 Å². The first kappa shape index (κ1) is 14.5. The third kappa shape index (κ3) is 2.16. The molecule has 2 heterocycles. The first-order chi connectivity index (χ1) is 10.8. The van der Waals surface area contributed by atoms with Crippen LogP contribution in [-0.2, 0) is 14.2 Å². The molecule has 0 aromatic heterocycles. The van der Waals surface area contributed by atoms with Crippen molar-refractivity contribution >= 4 is 0 Å². The van der Waals surface area contributed by atoms with Gasteiger partial charge < -0.3 is 18.9 Å². The number of hydrogen-bond donors (Lipinski definition) is 0. The molecular formula is C18H24O4. The van der Waals surface area contributed by atoms with Gasteiger partial charge in [-0.25, -0.2) is 0 Å². The van der Waals surface area contributed by atoms with Gasteiger partial charge in [-0.3, -0.25) is 0 Å². The van der Waals surface area contributed by atoms with Crippen molar-refractivity contribution in [1.82, 2.24) is 0 Å². The summed E-state index contributed by atoms with van der Waals surface area (Å²) in [6.07, 6.45) is 6.60. The summed E-state index contributed by atoms with van der Waals surface area (Å²) in [7, 11) is 1.69. The standard InChI is InChI=1S/C18H24O4/c1-19-15-7-5-14(6-8-15)16-13-18(20-11-12-21-18)17(22-16)9-3-2-4-10-17/h5-8,16H,2-4,9-13H2,1H3. The van der Waals surface area contributed by atoms with Crippen LogP contribution < -0.4 is 4.74 Å². The highest BCUT2D eigenvalue weighted by atomic mass is 16.8. The van der Waals surface area contributed by atoms with Crippen molar-refractivity contribution in [2.45, 2.75) is 56.0 Å². The monoisotopic (exact) mass is 304 g/mol. The van der Waals surface area contributed by atoms with Crippen LogP contribution in [0.3, 0.4) is 0 Å². The van der Waals surface area contributed by atoms with Gasteiger partial charge in [0.1, 0.15) is 11.4 Å². The summed E-state index contributed by atoms with van der Waals surface area (Å²) in [4.78, 5) is 0. The summed E-state index contributed by atoms with van der Waals surface area (Å²) in [5, 5.41) is 0. The smallest absolute Gasteiger partial charge is 0.200 e. The largest absolute Gasteiger partial charge is 0.497 e. The van der Waals surface area contributed by atoms with E-state index < -0.39 is 5.79 Å². The topological polar surface area (TPSA) is 36.9 Å². The lowest BCUT2D eigenvalue weighted by Gasteiger charge is -2.42. The highest BCUT2D eigenvalue weighted by Gasteiger charge is 2.63. The molecule has 0 N–H and O–H groups in total. The fraction of sp³-hybridized carbons (Fsp3) is 0.667. The molecule has 0 radical (unpaired) electrons. The second-order valence-corrected chi connectivity index (χ2v) is 6.59. The fourth-order valence-corrected chi connectivity index (χ4v) is 4.30. The zero-order valence-corrected chi connectivity index (χ0v) is 13.2. The van der Waals surface area contributed by atoms with Gasteiger partial charge in [0, 0.05) is 6.42 Å². The first-order valence-electron chi connectivity index (χ1n) is 8.37. The molecule has 0 amide bonds. The molecule has 1 saturated carbocycles. The summed E-state index contributed by atoms with van der Waals surface area (Å²) in [5.41, 5.74) is 0.925. The Bertz CT molecular complexity index is 512. The summed E-state index contributed by atoms with van der Waals surface area (Å²) in [5.74, 6) is 0.343. The minimum atomic E-state index is -0.530. The average molecular weight is 304 g/mol. The quantitative estimate of drug-likeness (QED) is 0.836. The van der Waals surface area contributed by atoms with E-state index in [4.69, 9.17) is 18.9 Å². The zero-order valence-electron chi connectivity index (χ0n) is 13.2. The lowest BCUT2D eigenvalue weighted by Crippen LogP contribution is -2.52. The van der Waals surface area contributed by atoms with Crippen LogP contribution in [0.1, 0.15) is 50.2 Å². The maximum Gasteiger partial charge on any atom is 0.200 e. The minimum absolute atomic E-state index is 0.0436. The van der Waals surface area contributed by atoms with Crippen LogP contribution in [0.5, 0.6) is 5.75 Å². The van der Waals surface area contributed by atoms with Crippen LogP contribution >= 0.6 is 0 Å². The van der Waals surface area contributed by atoms with Crippen LogP contribution in [0.15, 0.2) is 24.3 Å². The molecule has 1 unspecified atom stereocenters. The van der Waals surface area contributed by atoms with Crippen LogP contribution in [0, 0.1) is 0 Å². The second kappa shape index (κ2) is 5.52. The summed E-state index contributed by atoms with van der Waals surface area (Å²) in [6, 6.07) is 8.17. The molecular weight excluding hydrogens is 280 g/mol. The number of rotatable bonds is 2. The van der Waals surface area contributed by atoms with Crippen molar-refractivity contribution in [3.63, 3.8) is 0 Å². The minimum Gasteiger partial charge on any atom is -0.497 e. The molecule has 3 fully saturated rings. The molecule has 1 aromatic carbocycles. The van der Waals surface area contributed by atoms with Crippen LogP contribution in [0.4, 0.5) is 0 Å². The van der Waals surface area contributed by atoms with Gasteiger partial charge in [-0.15, -0.1) is 0 Å². The predicted octanol–water partition coefficient (Wildman–Crippen LogP) is 3.60. The number of fused-ring (bicyclic) bond motifs is 1. The SMILES string of the molecule is COc1ccc(C2CC3(OCCO3)C3(CCCCC3)O2)cc1. The molecule has 2 spiro atoms. The van der Waals surface area contributed by atoms with E-state index in [0.717, 1.165) is 25.0 Å². The molecule has 2 aliphatic heterocycles. The van der Waals surface area contributed by atoms with E-state index >= 15 is 0 Å². The van der Waals surface area contributed by atoms with Gasteiger partial charge in [-0.2, -0.15) is 0 Å². The lowest BCUT2D eigenvalue weighted by atomic mass is 9.78. The molecule has 4 heteroatoms. The van der Waals surface area contributed by atoms with Crippen LogP contribution in [-0.4, -0.2) is 31.7 Å². The van der Waals surface area contributed by atoms with Gasteiger partial charge in [0.25, 0.3) is 0 Å². The molecule has 4 nitrogen and oxygen atoms in total. The second-order valence-electron chi connectivity index (χ2n) is 6.59. The van der Waals surface area contributed by atoms with Gasteiger partial charge in [-0.1, -0.05) is 31.4 Å². The molecule has 22 heavy (non-hydrogen) atoms. The molecule has 4 rings (SSSR count). The number of benzene rings is 1. The van der Waals surface area contributed by atoms with Gasteiger partial charge in [-0.05, 0) is 30.5 Å². The molecule has 120 valence electrons. The number of methoxy groups -OCH3 is 1.